The Labute approximate surface area is 157 Å². The fraction of sp³-hybridized carbons (Fsp3) is 0.955. The number of ether oxygens (including phenoxy) is 2. The van der Waals surface area contributed by atoms with Gasteiger partial charge in [0, 0.05) is 13.3 Å². The second-order valence-corrected chi connectivity index (χ2v) is 8.64. The molecule has 0 bridgehead atoms. The van der Waals surface area contributed by atoms with E-state index in [1.54, 1.807) is 0 Å². The number of hydrogen-bond donors (Lipinski definition) is 0. The second-order valence-electron chi connectivity index (χ2n) is 8.64. The first-order valence-electron chi connectivity index (χ1n) is 10.5. The third-order valence-corrected chi connectivity index (χ3v) is 4.75. The zero-order valence-electron chi connectivity index (χ0n) is 17.9. The molecule has 0 aromatic carbocycles. The van der Waals surface area contributed by atoms with E-state index in [-0.39, 0.29) is 11.6 Å². The number of hydrogen-bond acceptors (Lipinski definition) is 3. The molecule has 3 heteroatoms. The van der Waals surface area contributed by atoms with E-state index in [2.05, 4.69) is 20.8 Å². The monoisotopic (exact) mass is 356 g/mol. The highest BCUT2D eigenvalue weighted by molar-refractivity contribution is 5.66. The van der Waals surface area contributed by atoms with Gasteiger partial charge >= 0.3 is 5.97 Å². The normalized spacial score (nSPS) is 12.4. The summed E-state index contributed by atoms with van der Waals surface area (Å²) >= 11 is 0. The van der Waals surface area contributed by atoms with Gasteiger partial charge in [0.15, 0.2) is 0 Å². The second kappa shape index (κ2) is 13.6. The van der Waals surface area contributed by atoms with Gasteiger partial charge in [-0.05, 0) is 34.1 Å². The maximum absolute atomic E-state index is 11.1. The summed E-state index contributed by atoms with van der Waals surface area (Å²) in [7, 11) is 0. The molecule has 0 N–H and O–H groups in total. The lowest BCUT2D eigenvalue weighted by Gasteiger charge is -2.29. The molecule has 0 rings (SSSR count). The Morgan fingerprint density at radius 1 is 0.720 bits per heavy atom. The Morgan fingerprint density at radius 3 is 1.68 bits per heavy atom. The van der Waals surface area contributed by atoms with Crippen LogP contribution in [0.5, 0.6) is 0 Å². The number of carbonyl (C=O) groups is 1. The summed E-state index contributed by atoms with van der Waals surface area (Å²) in [6.07, 6.45) is 15.5. The molecule has 0 heterocycles. The fourth-order valence-corrected chi connectivity index (χ4v) is 3.12. The molecule has 0 aromatic heterocycles. The fourth-order valence-electron chi connectivity index (χ4n) is 3.12. The summed E-state index contributed by atoms with van der Waals surface area (Å²) in [5, 5.41) is 0. The van der Waals surface area contributed by atoms with Crippen LogP contribution in [0.15, 0.2) is 0 Å². The Hall–Kier alpha value is -0.570. The highest BCUT2D eigenvalue weighted by atomic mass is 16.6. The van der Waals surface area contributed by atoms with Crippen LogP contribution in [0.2, 0.25) is 0 Å². The molecule has 0 atom stereocenters. The van der Waals surface area contributed by atoms with Gasteiger partial charge in [0.1, 0.15) is 5.60 Å². The van der Waals surface area contributed by atoms with Crippen LogP contribution < -0.4 is 0 Å². The molecule has 0 fully saturated rings. The molecule has 0 amide bonds. The first-order chi connectivity index (χ1) is 11.7. The van der Waals surface area contributed by atoms with E-state index in [0.717, 1.165) is 12.8 Å². The Bertz CT molecular complexity index is 334. The highest BCUT2D eigenvalue weighted by Crippen LogP contribution is 2.22. The van der Waals surface area contributed by atoms with Crippen LogP contribution in [0.4, 0.5) is 0 Å². The van der Waals surface area contributed by atoms with E-state index in [1.807, 2.05) is 13.8 Å². The Morgan fingerprint density at radius 2 is 1.20 bits per heavy atom. The summed E-state index contributed by atoms with van der Waals surface area (Å²) in [6.45, 7) is 12.6. The first kappa shape index (κ1) is 24.4. The minimum atomic E-state index is -0.445. The zero-order chi connectivity index (χ0) is 19.2. The lowest BCUT2D eigenvalue weighted by atomic mass is 9.98. The lowest BCUT2D eigenvalue weighted by molar-refractivity contribution is -0.156. The van der Waals surface area contributed by atoms with Crippen LogP contribution in [0, 0.1) is 0 Å². The number of rotatable bonds is 16. The maximum Gasteiger partial charge on any atom is 0.303 e. The molecule has 0 spiro atoms. The molecule has 3 nitrogen and oxygen atoms in total. The van der Waals surface area contributed by atoms with Crippen molar-refractivity contribution in [2.24, 2.45) is 0 Å². The van der Waals surface area contributed by atoms with E-state index in [9.17, 15) is 4.79 Å². The van der Waals surface area contributed by atoms with Gasteiger partial charge in [0.2, 0.25) is 0 Å². The van der Waals surface area contributed by atoms with Crippen LogP contribution in [0.3, 0.4) is 0 Å². The minimum Gasteiger partial charge on any atom is -0.460 e. The first-order valence-corrected chi connectivity index (χ1v) is 10.5. The van der Waals surface area contributed by atoms with E-state index in [4.69, 9.17) is 9.47 Å². The number of unbranched alkanes of at least 4 members (excludes halogenated alkanes) is 9. The molecule has 0 aliphatic carbocycles. The average Bonchev–Trinajstić information content (AvgIpc) is 2.47. The molecule has 150 valence electrons. The Kier molecular flexibility index (Phi) is 13.3. The van der Waals surface area contributed by atoms with Gasteiger partial charge < -0.3 is 9.47 Å². The lowest BCUT2D eigenvalue weighted by Crippen LogP contribution is -2.32. The summed E-state index contributed by atoms with van der Waals surface area (Å²) in [5.74, 6) is -0.227. The molecule has 0 aliphatic rings. The van der Waals surface area contributed by atoms with E-state index in [0.29, 0.717) is 6.61 Å². The van der Waals surface area contributed by atoms with Crippen LogP contribution >= 0.6 is 0 Å². The van der Waals surface area contributed by atoms with Crippen LogP contribution in [-0.4, -0.2) is 23.8 Å². The molecule has 0 radical (unpaired) electrons. The minimum absolute atomic E-state index is 0.0908. The molecular formula is C22H44O3. The maximum atomic E-state index is 11.1. The molecular weight excluding hydrogens is 312 g/mol. The summed E-state index contributed by atoms with van der Waals surface area (Å²) < 4.78 is 11.3. The van der Waals surface area contributed by atoms with Gasteiger partial charge in [-0.3, -0.25) is 4.79 Å². The average molecular weight is 357 g/mol. The van der Waals surface area contributed by atoms with Gasteiger partial charge in [-0.15, -0.1) is 0 Å². The van der Waals surface area contributed by atoms with Crippen LogP contribution in [-0.2, 0) is 14.3 Å². The van der Waals surface area contributed by atoms with Crippen molar-refractivity contribution in [2.45, 2.75) is 130 Å². The molecule has 0 unspecified atom stereocenters. The summed E-state index contributed by atoms with van der Waals surface area (Å²) in [6, 6.07) is 0. The third-order valence-electron chi connectivity index (χ3n) is 4.75. The van der Waals surface area contributed by atoms with Gasteiger partial charge in [-0.1, -0.05) is 71.1 Å². The van der Waals surface area contributed by atoms with E-state index < -0.39 is 5.60 Å². The van der Waals surface area contributed by atoms with Crippen molar-refractivity contribution in [1.29, 1.82) is 0 Å². The number of carbonyl (C=O) groups excluding carboxylic acids is 1. The van der Waals surface area contributed by atoms with Crippen molar-refractivity contribution < 1.29 is 14.3 Å². The smallest absolute Gasteiger partial charge is 0.303 e. The van der Waals surface area contributed by atoms with Crippen molar-refractivity contribution in [3.63, 3.8) is 0 Å². The third kappa shape index (κ3) is 16.6. The van der Waals surface area contributed by atoms with Crippen LogP contribution in [0.25, 0.3) is 0 Å². The SMILES string of the molecule is CCCCCCCCCCCCC(C)(C)OCCC(C)(C)OC(C)=O. The predicted molar refractivity (Wildman–Crippen MR) is 107 cm³/mol. The molecule has 0 aromatic rings. The Balaban J connectivity index is 3.62. The van der Waals surface area contributed by atoms with Gasteiger partial charge in [-0.2, -0.15) is 0 Å². The van der Waals surface area contributed by atoms with E-state index in [1.165, 1.54) is 71.1 Å². The summed E-state index contributed by atoms with van der Waals surface area (Å²) in [4.78, 5) is 11.1. The molecule has 25 heavy (non-hydrogen) atoms. The van der Waals surface area contributed by atoms with Gasteiger partial charge in [0.25, 0.3) is 0 Å². The van der Waals surface area contributed by atoms with E-state index >= 15 is 0 Å². The molecule has 0 saturated heterocycles. The van der Waals surface area contributed by atoms with Crippen LogP contribution in [0.1, 0.15) is 119 Å². The van der Waals surface area contributed by atoms with Crippen molar-refractivity contribution in [3.05, 3.63) is 0 Å². The molecule has 0 saturated carbocycles. The van der Waals surface area contributed by atoms with Gasteiger partial charge in [0.05, 0.1) is 12.2 Å². The largest absolute Gasteiger partial charge is 0.460 e. The highest BCUT2D eigenvalue weighted by Gasteiger charge is 2.24. The predicted octanol–water partition coefficient (Wildman–Crippen LogP) is 6.82. The quantitative estimate of drug-likeness (QED) is 0.225. The standard InChI is InChI=1S/C22H44O3/c1-7-8-9-10-11-12-13-14-15-16-17-21(3,4)24-19-18-22(5,6)25-20(2)23/h7-19H2,1-6H3. The summed E-state index contributed by atoms with van der Waals surface area (Å²) in [5.41, 5.74) is -0.536. The topological polar surface area (TPSA) is 35.5 Å². The van der Waals surface area contributed by atoms with Gasteiger partial charge in [-0.25, -0.2) is 0 Å². The van der Waals surface area contributed by atoms with Crippen molar-refractivity contribution in [2.75, 3.05) is 6.61 Å². The molecule has 0 aliphatic heterocycles. The van der Waals surface area contributed by atoms with Crippen molar-refractivity contribution >= 4 is 5.97 Å². The van der Waals surface area contributed by atoms with Crippen molar-refractivity contribution in [1.82, 2.24) is 0 Å². The zero-order valence-corrected chi connectivity index (χ0v) is 17.9. The van der Waals surface area contributed by atoms with Crippen molar-refractivity contribution in [3.8, 4) is 0 Å². The number of esters is 1.